The van der Waals surface area contributed by atoms with Crippen LogP contribution in [0, 0.1) is 0 Å². The van der Waals surface area contributed by atoms with Crippen molar-refractivity contribution in [3.63, 3.8) is 0 Å². The Labute approximate surface area is 200 Å². The number of carbonyl (C=O) groups excluding carboxylic acids is 1. The maximum absolute atomic E-state index is 13.2. The Morgan fingerprint density at radius 3 is 2.47 bits per heavy atom. The molecule has 0 bridgehead atoms. The van der Waals surface area contributed by atoms with Crippen LogP contribution in [0.2, 0.25) is 5.02 Å². The summed E-state index contributed by atoms with van der Waals surface area (Å²) in [6.07, 6.45) is 3.13. The summed E-state index contributed by atoms with van der Waals surface area (Å²) >= 11 is 12.6. The number of likely N-dealkylation sites (tertiary alicyclic amines) is 1. The van der Waals surface area contributed by atoms with E-state index in [1.807, 2.05) is 41.3 Å². The van der Waals surface area contributed by atoms with E-state index in [0.717, 1.165) is 49.5 Å². The predicted octanol–water partition coefficient (Wildman–Crippen LogP) is 4.52. The van der Waals surface area contributed by atoms with Gasteiger partial charge in [0.1, 0.15) is 5.75 Å². The number of benzene rings is 2. The SMILES string of the molecule is COc1ccc(-n2nc(C(=O)N3CCCCC3)c(=NC(=S)Nc3ccc(Cl)cc3)s2)cc1. The van der Waals surface area contributed by atoms with Crippen LogP contribution in [0.3, 0.4) is 0 Å². The highest BCUT2D eigenvalue weighted by Gasteiger charge is 2.23. The minimum atomic E-state index is -0.124. The largest absolute Gasteiger partial charge is 0.497 e. The summed E-state index contributed by atoms with van der Waals surface area (Å²) in [7, 11) is 1.62. The number of hydrogen-bond donors (Lipinski definition) is 1. The van der Waals surface area contributed by atoms with Crippen LogP contribution in [-0.2, 0) is 0 Å². The van der Waals surface area contributed by atoms with Crippen molar-refractivity contribution in [1.82, 2.24) is 14.1 Å². The van der Waals surface area contributed by atoms with Crippen LogP contribution in [0.5, 0.6) is 5.75 Å². The Morgan fingerprint density at radius 2 is 1.81 bits per heavy atom. The molecule has 1 fully saturated rings. The van der Waals surface area contributed by atoms with Gasteiger partial charge in [-0.05, 0) is 91.5 Å². The predicted molar refractivity (Wildman–Crippen MR) is 131 cm³/mol. The number of hydrogen-bond acceptors (Lipinski definition) is 5. The number of amides is 1. The number of methoxy groups -OCH3 is 1. The van der Waals surface area contributed by atoms with E-state index >= 15 is 0 Å². The van der Waals surface area contributed by atoms with E-state index in [4.69, 9.17) is 28.6 Å². The topological polar surface area (TPSA) is 71.8 Å². The summed E-state index contributed by atoms with van der Waals surface area (Å²) in [5.41, 5.74) is 1.87. The van der Waals surface area contributed by atoms with Gasteiger partial charge in [0.15, 0.2) is 15.5 Å². The van der Waals surface area contributed by atoms with Gasteiger partial charge in [0, 0.05) is 23.8 Å². The van der Waals surface area contributed by atoms with Crippen LogP contribution in [0.15, 0.2) is 53.5 Å². The molecule has 2 heterocycles. The van der Waals surface area contributed by atoms with Crippen molar-refractivity contribution in [2.45, 2.75) is 19.3 Å². The third-order valence-electron chi connectivity index (χ3n) is 5.00. The maximum Gasteiger partial charge on any atom is 0.277 e. The lowest BCUT2D eigenvalue weighted by atomic mass is 10.1. The number of ether oxygens (including phenoxy) is 1. The zero-order valence-corrected chi connectivity index (χ0v) is 19.8. The number of nitrogens with one attached hydrogen (secondary N) is 1. The summed E-state index contributed by atoms with van der Waals surface area (Å²) in [6.45, 7) is 1.46. The van der Waals surface area contributed by atoms with Crippen molar-refractivity contribution in [3.8, 4) is 11.4 Å². The number of nitrogens with zero attached hydrogens (tertiary/aromatic N) is 4. The molecule has 2 aromatic carbocycles. The molecule has 3 aromatic rings. The molecule has 1 aliphatic heterocycles. The summed E-state index contributed by atoms with van der Waals surface area (Å²) in [6, 6.07) is 14.6. The second kappa shape index (κ2) is 10.2. The molecule has 32 heavy (non-hydrogen) atoms. The molecule has 0 radical (unpaired) electrons. The molecule has 0 aliphatic carbocycles. The van der Waals surface area contributed by atoms with Gasteiger partial charge in [0.25, 0.3) is 5.91 Å². The first-order chi connectivity index (χ1) is 15.5. The Hall–Kier alpha value is -2.75. The summed E-state index contributed by atoms with van der Waals surface area (Å²) in [5, 5.41) is 8.53. The van der Waals surface area contributed by atoms with Crippen LogP contribution in [0.4, 0.5) is 5.69 Å². The van der Waals surface area contributed by atoms with Crippen molar-refractivity contribution in [3.05, 3.63) is 63.9 Å². The molecule has 7 nitrogen and oxygen atoms in total. The molecule has 0 spiro atoms. The fourth-order valence-corrected chi connectivity index (χ4v) is 4.58. The lowest BCUT2D eigenvalue weighted by Gasteiger charge is -2.25. The van der Waals surface area contributed by atoms with Gasteiger partial charge in [0.2, 0.25) is 0 Å². The van der Waals surface area contributed by atoms with Crippen LogP contribution < -0.4 is 14.7 Å². The third kappa shape index (κ3) is 5.35. The monoisotopic (exact) mass is 487 g/mol. The second-order valence-electron chi connectivity index (χ2n) is 7.22. The van der Waals surface area contributed by atoms with Crippen molar-refractivity contribution in [1.29, 1.82) is 0 Å². The zero-order chi connectivity index (χ0) is 22.5. The number of aromatic nitrogens is 2. The van der Waals surface area contributed by atoms with Crippen LogP contribution in [0.1, 0.15) is 29.8 Å². The minimum absolute atomic E-state index is 0.124. The van der Waals surface area contributed by atoms with Crippen LogP contribution in [0.25, 0.3) is 5.69 Å². The van der Waals surface area contributed by atoms with Crippen LogP contribution in [-0.4, -0.2) is 45.3 Å². The van der Waals surface area contributed by atoms with Crippen LogP contribution >= 0.6 is 35.4 Å². The van der Waals surface area contributed by atoms with Crippen molar-refractivity contribution in [2.24, 2.45) is 4.99 Å². The Bertz CT molecular complexity index is 1170. The highest BCUT2D eigenvalue weighted by atomic mass is 35.5. The molecular formula is C22H22ClN5O2S2. The van der Waals surface area contributed by atoms with Gasteiger partial charge >= 0.3 is 0 Å². The number of thiocarbonyl (C=S) groups is 1. The highest BCUT2D eigenvalue weighted by Crippen LogP contribution is 2.17. The number of anilines is 1. The number of halogens is 1. The quantitative estimate of drug-likeness (QED) is 0.548. The average Bonchev–Trinajstić information content (AvgIpc) is 3.24. The van der Waals surface area contributed by atoms with Gasteiger partial charge in [-0.25, -0.2) is 4.99 Å². The molecule has 1 aromatic heterocycles. The number of rotatable bonds is 4. The first-order valence-electron chi connectivity index (χ1n) is 10.2. The molecule has 0 unspecified atom stereocenters. The van der Waals surface area contributed by atoms with Gasteiger partial charge in [-0.3, -0.25) is 4.79 Å². The molecule has 0 atom stereocenters. The number of piperidine rings is 1. The standard InChI is InChI=1S/C22H22ClN5O2S2/c1-30-18-11-9-17(10-12-18)28-26-19(21(29)27-13-3-2-4-14-27)20(32-28)25-22(31)24-16-7-5-15(23)6-8-16/h5-12H,2-4,13-14H2,1H3,(H,24,31). The molecule has 1 aliphatic rings. The summed E-state index contributed by atoms with van der Waals surface area (Å²) in [5.74, 6) is 0.620. The van der Waals surface area contributed by atoms with E-state index in [9.17, 15) is 4.79 Å². The van der Waals surface area contributed by atoms with E-state index in [0.29, 0.717) is 15.4 Å². The smallest absolute Gasteiger partial charge is 0.277 e. The van der Waals surface area contributed by atoms with E-state index in [-0.39, 0.29) is 11.0 Å². The minimum Gasteiger partial charge on any atom is -0.497 e. The Morgan fingerprint density at radius 1 is 1.12 bits per heavy atom. The molecule has 166 valence electrons. The molecule has 1 N–H and O–H groups in total. The highest BCUT2D eigenvalue weighted by molar-refractivity contribution is 7.80. The first-order valence-corrected chi connectivity index (χ1v) is 11.7. The maximum atomic E-state index is 13.2. The molecular weight excluding hydrogens is 466 g/mol. The van der Waals surface area contributed by atoms with Crippen molar-refractivity contribution < 1.29 is 9.53 Å². The lowest BCUT2D eigenvalue weighted by molar-refractivity contribution is 0.0716. The molecule has 0 saturated carbocycles. The normalized spacial score (nSPS) is 14.3. The van der Waals surface area contributed by atoms with E-state index in [1.54, 1.807) is 23.3 Å². The Balaban J connectivity index is 1.68. The zero-order valence-electron chi connectivity index (χ0n) is 17.5. The van der Waals surface area contributed by atoms with Gasteiger partial charge in [0.05, 0.1) is 12.8 Å². The lowest BCUT2D eigenvalue weighted by Crippen LogP contribution is -2.38. The van der Waals surface area contributed by atoms with Crippen molar-refractivity contribution in [2.75, 3.05) is 25.5 Å². The third-order valence-corrected chi connectivity index (χ3v) is 6.37. The van der Waals surface area contributed by atoms with Gasteiger partial charge in [-0.1, -0.05) is 11.6 Å². The van der Waals surface area contributed by atoms with Crippen molar-refractivity contribution >= 4 is 52.1 Å². The van der Waals surface area contributed by atoms with E-state index in [1.165, 1.54) is 11.5 Å². The Kier molecular flexibility index (Phi) is 7.19. The molecule has 4 rings (SSSR count). The molecule has 1 saturated heterocycles. The second-order valence-corrected chi connectivity index (χ2v) is 8.96. The van der Waals surface area contributed by atoms with Gasteiger partial charge in [-0.2, -0.15) is 4.07 Å². The molecule has 1 amide bonds. The van der Waals surface area contributed by atoms with Gasteiger partial charge < -0.3 is 15.0 Å². The van der Waals surface area contributed by atoms with E-state index in [2.05, 4.69) is 15.4 Å². The summed E-state index contributed by atoms with van der Waals surface area (Å²) < 4.78 is 7.37. The van der Waals surface area contributed by atoms with Gasteiger partial charge in [-0.15, -0.1) is 5.10 Å². The summed E-state index contributed by atoms with van der Waals surface area (Å²) in [4.78, 5) is 19.6. The van der Waals surface area contributed by atoms with E-state index < -0.39 is 0 Å². The number of carbonyl (C=O) groups is 1. The fraction of sp³-hybridized carbons (Fsp3) is 0.273. The molecule has 10 heteroatoms. The average molecular weight is 488 g/mol. The fourth-order valence-electron chi connectivity index (χ4n) is 3.33. The first kappa shape index (κ1) is 22.4.